The van der Waals surface area contributed by atoms with E-state index in [4.69, 9.17) is 10.5 Å². The molecule has 3 rings (SSSR count). The number of carbonyl (C=O) groups excluding carboxylic acids is 1. The first-order valence-corrected chi connectivity index (χ1v) is 7.19. The number of methoxy groups -OCH3 is 1. The molecule has 0 radical (unpaired) electrons. The summed E-state index contributed by atoms with van der Waals surface area (Å²) >= 11 is 0. The zero-order valence-electron chi connectivity index (χ0n) is 11.7. The van der Waals surface area contributed by atoms with Crippen molar-refractivity contribution >= 4 is 23.0 Å². The number of carbonyl (C=O) groups is 1. The lowest BCUT2D eigenvalue weighted by Gasteiger charge is -2.24. The Morgan fingerprint density at radius 1 is 1.35 bits per heavy atom. The average molecular weight is 275 g/mol. The van der Waals surface area contributed by atoms with Crippen molar-refractivity contribution in [1.82, 2.24) is 0 Å². The second-order valence-corrected chi connectivity index (χ2v) is 5.60. The lowest BCUT2D eigenvalue weighted by molar-refractivity contribution is -0.116. The predicted molar refractivity (Wildman–Crippen MR) is 79.9 cm³/mol. The van der Waals surface area contributed by atoms with Crippen LogP contribution in [0.4, 0.5) is 17.1 Å². The number of nitrogen functional groups attached to an aromatic ring is 1. The van der Waals surface area contributed by atoms with Crippen molar-refractivity contribution in [2.45, 2.75) is 44.2 Å². The molecule has 2 aliphatic rings. The second kappa shape index (κ2) is 5.32. The van der Waals surface area contributed by atoms with Gasteiger partial charge in [0.1, 0.15) is 0 Å². The van der Waals surface area contributed by atoms with Crippen LogP contribution in [0, 0.1) is 0 Å². The van der Waals surface area contributed by atoms with Crippen LogP contribution < -0.4 is 16.4 Å². The molecule has 0 bridgehead atoms. The van der Waals surface area contributed by atoms with E-state index in [-0.39, 0.29) is 12.0 Å². The Hall–Kier alpha value is -1.75. The zero-order valence-corrected chi connectivity index (χ0v) is 11.7. The molecule has 1 amide bonds. The van der Waals surface area contributed by atoms with Gasteiger partial charge in [-0.3, -0.25) is 4.79 Å². The number of nitrogens with one attached hydrogen (secondary N) is 2. The van der Waals surface area contributed by atoms with E-state index in [1.54, 1.807) is 7.11 Å². The van der Waals surface area contributed by atoms with E-state index < -0.39 is 0 Å². The van der Waals surface area contributed by atoms with E-state index in [1.807, 2.05) is 12.1 Å². The molecule has 4 N–H and O–H groups in total. The van der Waals surface area contributed by atoms with Gasteiger partial charge in [-0.2, -0.15) is 0 Å². The molecule has 5 nitrogen and oxygen atoms in total. The van der Waals surface area contributed by atoms with E-state index in [1.165, 1.54) is 0 Å². The van der Waals surface area contributed by atoms with Gasteiger partial charge >= 0.3 is 0 Å². The lowest BCUT2D eigenvalue weighted by Crippen LogP contribution is -2.30. The highest BCUT2D eigenvalue weighted by Gasteiger charge is 2.27. The molecule has 1 aromatic carbocycles. The largest absolute Gasteiger partial charge is 0.397 e. The highest BCUT2D eigenvalue weighted by atomic mass is 16.5. The normalized spacial score (nSPS) is 25.1. The van der Waals surface area contributed by atoms with Crippen molar-refractivity contribution in [3.05, 3.63) is 17.7 Å². The number of amides is 1. The second-order valence-electron chi connectivity index (χ2n) is 5.60. The molecule has 0 aromatic heterocycles. The van der Waals surface area contributed by atoms with Crippen LogP contribution in [0.15, 0.2) is 12.1 Å². The van der Waals surface area contributed by atoms with Gasteiger partial charge in [0.25, 0.3) is 0 Å². The molecule has 1 saturated carbocycles. The van der Waals surface area contributed by atoms with Crippen molar-refractivity contribution in [2.75, 3.05) is 23.5 Å². The Kier molecular flexibility index (Phi) is 3.53. The standard InChI is InChI=1S/C15H21N3O2/c1-20-14-4-2-3-11(14)17-13-8-12-9(7-10(13)16)5-6-15(19)18-12/h7-8,11,14,17H,2-6,16H2,1H3,(H,18,19). The molecule has 1 heterocycles. The molecule has 108 valence electrons. The van der Waals surface area contributed by atoms with Gasteiger partial charge in [0.2, 0.25) is 5.91 Å². The molecule has 1 aliphatic heterocycles. The van der Waals surface area contributed by atoms with Gasteiger partial charge in [-0.15, -0.1) is 0 Å². The quantitative estimate of drug-likeness (QED) is 0.739. The van der Waals surface area contributed by atoms with E-state index in [9.17, 15) is 4.79 Å². The number of fused-ring (bicyclic) bond motifs is 1. The summed E-state index contributed by atoms with van der Waals surface area (Å²) in [6, 6.07) is 4.21. The van der Waals surface area contributed by atoms with E-state index >= 15 is 0 Å². The van der Waals surface area contributed by atoms with Crippen molar-refractivity contribution in [3.63, 3.8) is 0 Å². The molecule has 0 spiro atoms. The maximum absolute atomic E-state index is 11.5. The van der Waals surface area contributed by atoms with Gasteiger partial charge < -0.3 is 21.1 Å². The first kappa shape index (κ1) is 13.2. The SMILES string of the molecule is COC1CCCC1Nc1cc2c(cc1N)CCC(=O)N2. The van der Waals surface area contributed by atoms with Crippen LogP contribution in [-0.2, 0) is 16.0 Å². The van der Waals surface area contributed by atoms with Crippen LogP contribution in [0.5, 0.6) is 0 Å². The molecule has 1 aromatic rings. The van der Waals surface area contributed by atoms with Crippen LogP contribution in [0.3, 0.4) is 0 Å². The molecular formula is C15H21N3O2. The molecule has 5 heteroatoms. The third-order valence-electron chi connectivity index (χ3n) is 4.27. The number of hydrogen-bond acceptors (Lipinski definition) is 4. The molecule has 2 unspecified atom stereocenters. The van der Waals surface area contributed by atoms with Crippen molar-refractivity contribution in [3.8, 4) is 0 Å². The minimum absolute atomic E-state index is 0.0730. The van der Waals surface area contributed by atoms with Gasteiger partial charge in [0.05, 0.1) is 23.5 Å². The summed E-state index contributed by atoms with van der Waals surface area (Å²) in [5, 5.41) is 6.39. The number of hydrogen-bond donors (Lipinski definition) is 3. The van der Waals surface area contributed by atoms with Crippen LogP contribution in [0.25, 0.3) is 0 Å². The third-order valence-corrected chi connectivity index (χ3v) is 4.27. The smallest absolute Gasteiger partial charge is 0.224 e. The summed E-state index contributed by atoms with van der Waals surface area (Å²) in [5.41, 5.74) is 9.75. The van der Waals surface area contributed by atoms with Crippen LogP contribution in [0.1, 0.15) is 31.2 Å². The first-order chi connectivity index (χ1) is 9.67. The van der Waals surface area contributed by atoms with Gasteiger partial charge in [-0.25, -0.2) is 0 Å². The van der Waals surface area contributed by atoms with Gasteiger partial charge in [0, 0.05) is 19.2 Å². The number of ether oxygens (including phenoxy) is 1. The third kappa shape index (κ3) is 2.45. The van der Waals surface area contributed by atoms with Crippen molar-refractivity contribution in [2.24, 2.45) is 0 Å². The number of rotatable bonds is 3. The van der Waals surface area contributed by atoms with Crippen LogP contribution in [-0.4, -0.2) is 25.2 Å². The lowest BCUT2D eigenvalue weighted by atomic mass is 10.0. The molecule has 1 aliphatic carbocycles. The summed E-state index contributed by atoms with van der Waals surface area (Å²) < 4.78 is 5.49. The van der Waals surface area contributed by atoms with Crippen LogP contribution >= 0.6 is 0 Å². The number of anilines is 3. The van der Waals surface area contributed by atoms with E-state index in [0.29, 0.717) is 12.5 Å². The zero-order chi connectivity index (χ0) is 14.1. The molecule has 0 saturated heterocycles. The molecule has 2 atom stereocenters. The number of aryl methyl sites for hydroxylation is 1. The van der Waals surface area contributed by atoms with Crippen molar-refractivity contribution < 1.29 is 9.53 Å². The molecular weight excluding hydrogens is 254 g/mol. The predicted octanol–water partition coefficient (Wildman–Crippen LogP) is 2.13. The Morgan fingerprint density at radius 2 is 2.20 bits per heavy atom. The first-order valence-electron chi connectivity index (χ1n) is 7.19. The Bertz CT molecular complexity index is 530. The molecule has 20 heavy (non-hydrogen) atoms. The highest BCUT2D eigenvalue weighted by molar-refractivity contribution is 5.95. The minimum Gasteiger partial charge on any atom is -0.397 e. The van der Waals surface area contributed by atoms with E-state index in [2.05, 4.69) is 10.6 Å². The summed E-state index contributed by atoms with van der Waals surface area (Å²) in [4.78, 5) is 11.5. The van der Waals surface area contributed by atoms with Crippen molar-refractivity contribution in [1.29, 1.82) is 0 Å². The Labute approximate surface area is 118 Å². The topological polar surface area (TPSA) is 76.4 Å². The molecule has 1 fully saturated rings. The highest BCUT2D eigenvalue weighted by Crippen LogP contribution is 2.33. The van der Waals surface area contributed by atoms with Gasteiger partial charge in [-0.1, -0.05) is 0 Å². The monoisotopic (exact) mass is 275 g/mol. The summed E-state index contributed by atoms with van der Waals surface area (Å²) in [7, 11) is 1.75. The average Bonchev–Trinajstić information content (AvgIpc) is 2.87. The maximum atomic E-state index is 11.5. The van der Waals surface area contributed by atoms with Gasteiger partial charge in [0.15, 0.2) is 0 Å². The number of nitrogens with two attached hydrogens (primary N) is 1. The fourth-order valence-electron chi connectivity index (χ4n) is 3.15. The fraction of sp³-hybridized carbons (Fsp3) is 0.533. The summed E-state index contributed by atoms with van der Waals surface area (Å²) in [5.74, 6) is 0.0730. The Morgan fingerprint density at radius 3 is 3.00 bits per heavy atom. The summed E-state index contributed by atoms with van der Waals surface area (Å²) in [6.45, 7) is 0. The van der Waals surface area contributed by atoms with Crippen LogP contribution in [0.2, 0.25) is 0 Å². The number of benzene rings is 1. The summed E-state index contributed by atoms with van der Waals surface area (Å²) in [6.07, 6.45) is 4.86. The minimum atomic E-state index is 0.0730. The fourth-order valence-corrected chi connectivity index (χ4v) is 3.15. The Balaban J connectivity index is 1.83. The maximum Gasteiger partial charge on any atom is 0.224 e. The van der Waals surface area contributed by atoms with Gasteiger partial charge in [-0.05, 0) is 43.4 Å². The van der Waals surface area contributed by atoms with E-state index in [0.717, 1.165) is 48.3 Å².